The minimum absolute atomic E-state index is 0.125. The minimum Gasteiger partial charge on any atom is -0.508 e. The summed E-state index contributed by atoms with van der Waals surface area (Å²) in [6.45, 7) is 2.70. The summed E-state index contributed by atoms with van der Waals surface area (Å²) in [5.41, 5.74) is 1.03. The molecule has 0 radical (unpaired) electrons. The summed E-state index contributed by atoms with van der Waals surface area (Å²) in [6.07, 6.45) is 0.623. The number of phenolic OH excluding ortho intramolecular Hbond substituents is 1. The number of phenols is 1. The third-order valence-electron chi connectivity index (χ3n) is 4.11. The molecule has 1 aliphatic heterocycles. The van der Waals surface area contributed by atoms with Crippen LogP contribution in [0.15, 0.2) is 24.3 Å². The van der Waals surface area contributed by atoms with Gasteiger partial charge in [0.05, 0.1) is 13.2 Å². The molecule has 3 N–H and O–H groups in total. The Morgan fingerprint density at radius 2 is 2.23 bits per heavy atom. The van der Waals surface area contributed by atoms with E-state index >= 15 is 0 Å². The van der Waals surface area contributed by atoms with Gasteiger partial charge >= 0.3 is 5.97 Å². The standard InChI is InChI=1S/C16H22N2O4/c1-10-8-17-14(16(21)18-9-15(20)22-2)7-13(10)11-4-3-5-12(19)6-11/h3-6,10,13-14,17,19H,7-9H2,1-2H3,(H,18,21)/t10-,13+,14?/m0/s1. The van der Waals surface area contributed by atoms with E-state index in [0.717, 1.165) is 5.56 Å². The number of hydrogen-bond acceptors (Lipinski definition) is 5. The lowest BCUT2D eigenvalue weighted by Crippen LogP contribution is -2.51. The lowest BCUT2D eigenvalue weighted by molar-refractivity contribution is -0.141. The SMILES string of the molecule is COC(=O)CNC(=O)C1C[C@@H](c2cccc(O)c2)[C@@H](C)CN1. The van der Waals surface area contributed by atoms with Crippen LogP contribution in [-0.2, 0) is 14.3 Å². The minimum atomic E-state index is -0.470. The summed E-state index contributed by atoms with van der Waals surface area (Å²) < 4.78 is 4.51. The zero-order valence-corrected chi connectivity index (χ0v) is 12.8. The largest absolute Gasteiger partial charge is 0.508 e. The molecule has 1 aromatic rings. The molecule has 1 aromatic carbocycles. The van der Waals surface area contributed by atoms with Crippen LogP contribution >= 0.6 is 0 Å². The summed E-state index contributed by atoms with van der Waals surface area (Å²) >= 11 is 0. The first kappa shape index (κ1) is 16.3. The van der Waals surface area contributed by atoms with Crippen LogP contribution in [0.1, 0.15) is 24.8 Å². The summed E-state index contributed by atoms with van der Waals surface area (Å²) in [5.74, 6) is 0.0909. The van der Waals surface area contributed by atoms with E-state index in [2.05, 4.69) is 22.3 Å². The van der Waals surface area contributed by atoms with Gasteiger partial charge in [-0.1, -0.05) is 19.1 Å². The lowest BCUT2D eigenvalue weighted by Gasteiger charge is -2.35. The molecule has 22 heavy (non-hydrogen) atoms. The van der Waals surface area contributed by atoms with Crippen molar-refractivity contribution in [3.63, 3.8) is 0 Å². The summed E-state index contributed by atoms with van der Waals surface area (Å²) in [7, 11) is 1.28. The molecule has 1 saturated heterocycles. The van der Waals surface area contributed by atoms with Crippen molar-refractivity contribution in [1.29, 1.82) is 0 Å². The van der Waals surface area contributed by atoms with Crippen molar-refractivity contribution in [1.82, 2.24) is 10.6 Å². The lowest BCUT2D eigenvalue weighted by atomic mass is 9.79. The molecular formula is C16H22N2O4. The molecule has 0 aliphatic carbocycles. The molecular weight excluding hydrogens is 284 g/mol. The first-order chi connectivity index (χ1) is 10.5. The van der Waals surface area contributed by atoms with Crippen molar-refractivity contribution >= 4 is 11.9 Å². The summed E-state index contributed by atoms with van der Waals surface area (Å²) in [6, 6.07) is 6.81. The second-order valence-electron chi connectivity index (χ2n) is 5.67. The van der Waals surface area contributed by atoms with Crippen molar-refractivity contribution in [2.45, 2.75) is 25.3 Å². The number of methoxy groups -OCH3 is 1. The van der Waals surface area contributed by atoms with E-state index in [1.165, 1.54) is 7.11 Å². The zero-order valence-electron chi connectivity index (χ0n) is 12.8. The average molecular weight is 306 g/mol. The van der Waals surface area contributed by atoms with E-state index in [1.807, 2.05) is 12.1 Å². The molecule has 0 saturated carbocycles. The predicted octanol–water partition coefficient (Wildman–Crippen LogP) is 0.763. The maximum Gasteiger partial charge on any atom is 0.325 e. The number of rotatable bonds is 4. The van der Waals surface area contributed by atoms with Crippen LogP contribution in [0.5, 0.6) is 5.75 Å². The van der Waals surface area contributed by atoms with Gasteiger partial charge in [-0.25, -0.2) is 0 Å². The molecule has 0 bridgehead atoms. The molecule has 0 spiro atoms. The van der Waals surface area contributed by atoms with E-state index in [1.54, 1.807) is 12.1 Å². The molecule has 1 fully saturated rings. The average Bonchev–Trinajstić information content (AvgIpc) is 2.52. The van der Waals surface area contributed by atoms with E-state index in [-0.39, 0.29) is 30.2 Å². The normalized spacial score (nSPS) is 24.5. The molecule has 120 valence electrons. The van der Waals surface area contributed by atoms with Crippen LogP contribution in [-0.4, -0.2) is 43.2 Å². The van der Waals surface area contributed by atoms with Crippen molar-refractivity contribution in [2.24, 2.45) is 5.92 Å². The third-order valence-corrected chi connectivity index (χ3v) is 4.11. The van der Waals surface area contributed by atoms with Gasteiger partial charge in [0.1, 0.15) is 12.3 Å². The van der Waals surface area contributed by atoms with Crippen LogP contribution in [0.25, 0.3) is 0 Å². The van der Waals surface area contributed by atoms with Crippen molar-refractivity contribution in [3.05, 3.63) is 29.8 Å². The highest BCUT2D eigenvalue weighted by Gasteiger charge is 2.32. The van der Waals surface area contributed by atoms with E-state index in [9.17, 15) is 14.7 Å². The van der Waals surface area contributed by atoms with Crippen molar-refractivity contribution in [3.8, 4) is 5.75 Å². The number of hydrogen-bond donors (Lipinski definition) is 3. The van der Waals surface area contributed by atoms with Gasteiger partial charge < -0.3 is 20.5 Å². The van der Waals surface area contributed by atoms with Crippen LogP contribution < -0.4 is 10.6 Å². The number of piperidine rings is 1. The van der Waals surface area contributed by atoms with Crippen molar-refractivity contribution in [2.75, 3.05) is 20.2 Å². The number of benzene rings is 1. The van der Waals surface area contributed by atoms with Gasteiger partial charge in [0.15, 0.2) is 0 Å². The number of aromatic hydroxyl groups is 1. The van der Waals surface area contributed by atoms with Gasteiger partial charge in [-0.3, -0.25) is 9.59 Å². The Kier molecular flexibility index (Phi) is 5.38. The number of nitrogens with one attached hydrogen (secondary N) is 2. The monoisotopic (exact) mass is 306 g/mol. The number of ether oxygens (including phenoxy) is 1. The molecule has 0 aromatic heterocycles. The highest BCUT2D eigenvalue weighted by molar-refractivity contribution is 5.85. The number of amides is 1. The highest BCUT2D eigenvalue weighted by atomic mass is 16.5. The number of carbonyl (C=O) groups is 2. The molecule has 6 nitrogen and oxygen atoms in total. The van der Waals surface area contributed by atoms with Gasteiger partial charge in [-0.15, -0.1) is 0 Å². The zero-order chi connectivity index (χ0) is 16.1. The Morgan fingerprint density at radius 1 is 1.45 bits per heavy atom. The molecule has 2 rings (SSSR count). The van der Waals surface area contributed by atoms with E-state index in [0.29, 0.717) is 18.9 Å². The molecule has 3 atom stereocenters. The van der Waals surface area contributed by atoms with Crippen LogP contribution in [0.3, 0.4) is 0 Å². The van der Waals surface area contributed by atoms with Gasteiger partial charge in [0.25, 0.3) is 0 Å². The van der Waals surface area contributed by atoms with Gasteiger partial charge in [0, 0.05) is 0 Å². The van der Waals surface area contributed by atoms with E-state index in [4.69, 9.17) is 0 Å². The maximum absolute atomic E-state index is 12.1. The number of esters is 1. The smallest absolute Gasteiger partial charge is 0.325 e. The van der Waals surface area contributed by atoms with Crippen LogP contribution in [0, 0.1) is 5.92 Å². The second kappa shape index (κ2) is 7.26. The van der Waals surface area contributed by atoms with Gasteiger partial charge in [-0.2, -0.15) is 0 Å². The molecule has 1 amide bonds. The van der Waals surface area contributed by atoms with Crippen molar-refractivity contribution < 1.29 is 19.4 Å². The Morgan fingerprint density at radius 3 is 2.91 bits per heavy atom. The maximum atomic E-state index is 12.1. The van der Waals surface area contributed by atoms with Crippen LogP contribution in [0.2, 0.25) is 0 Å². The number of carbonyl (C=O) groups excluding carboxylic acids is 2. The highest BCUT2D eigenvalue weighted by Crippen LogP contribution is 2.33. The Bertz CT molecular complexity index is 547. The fourth-order valence-corrected chi connectivity index (χ4v) is 2.81. The quantitative estimate of drug-likeness (QED) is 0.715. The summed E-state index contributed by atoms with van der Waals surface area (Å²) in [4.78, 5) is 23.2. The second-order valence-corrected chi connectivity index (χ2v) is 5.67. The van der Waals surface area contributed by atoms with Gasteiger partial charge in [0.2, 0.25) is 5.91 Å². The van der Waals surface area contributed by atoms with Crippen LogP contribution in [0.4, 0.5) is 0 Å². The first-order valence-electron chi connectivity index (χ1n) is 7.38. The Labute approximate surface area is 129 Å². The molecule has 6 heteroatoms. The fourth-order valence-electron chi connectivity index (χ4n) is 2.81. The van der Waals surface area contributed by atoms with E-state index < -0.39 is 5.97 Å². The molecule has 1 aliphatic rings. The topological polar surface area (TPSA) is 87.7 Å². The molecule has 1 heterocycles. The summed E-state index contributed by atoms with van der Waals surface area (Å²) in [5, 5.41) is 15.4. The fraction of sp³-hybridized carbons (Fsp3) is 0.500. The third kappa shape index (κ3) is 3.98. The predicted molar refractivity (Wildman–Crippen MR) is 81.4 cm³/mol. The Balaban J connectivity index is 2.01. The Hall–Kier alpha value is -2.08. The molecule has 1 unspecified atom stereocenters. The first-order valence-corrected chi connectivity index (χ1v) is 7.38. The van der Waals surface area contributed by atoms with Gasteiger partial charge in [-0.05, 0) is 42.5 Å².